The predicted octanol–water partition coefficient (Wildman–Crippen LogP) is 2.58. The molecule has 2 aromatic carbocycles. The first-order chi connectivity index (χ1) is 10.8. The Morgan fingerprint density at radius 1 is 1.17 bits per heavy atom. The van der Waals surface area contributed by atoms with Crippen molar-refractivity contribution in [2.24, 2.45) is 0 Å². The molecule has 2 rings (SSSR count). The summed E-state index contributed by atoms with van der Waals surface area (Å²) in [6.07, 6.45) is 0. The van der Waals surface area contributed by atoms with E-state index in [4.69, 9.17) is 9.47 Å². The van der Waals surface area contributed by atoms with E-state index in [0.29, 0.717) is 10.8 Å². The summed E-state index contributed by atoms with van der Waals surface area (Å²) in [6.45, 7) is 4.84. The highest BCUT2D eigenvalue weighted by Gasteiger charge is 2.20. The second-order valence-electron chi connectivity index (χ2n) is 4.85. The van der Waals surface area contributed by atoms with Crippen LogP contribution >= 0.6 is 0 Å². The Labute approximate surface area is 134 Å². The zero-order valence-corrected chi connectivity index (χ0v) is 13.3. The normalized spacial score (nSPS) is 11.2. The summed E-state index contributed by atoms with van der Waals surface area (Å²) in [6, 6.07) is 9.85. The standard InChI is InChI=1S/C16H16O6S/c1-11(2)16(17)22-10-9-21-14-8-7-12-5-3-4-6-13(12)15(14)23(18,19)20/h3-8H,1,9-10H2,2H3,(H,18,19,20). The van der Waals surface area contributed by atoms with Crippen molar-refractivity contribution in [2.45, 2.75) is 11.8 Å². The second-order valence-corrected chi connectivity index (χ2v) is 6.21. The highest BCUT2D eigenvalue weighted by atomic mass is 32.2. The molecule has 0 spiro atoms. The van der Waals surface area contributed by atoms with Gasteiger partial charge in [-0.25, -0.2) is 4.79 Å². The molecule has 0 fully saturated rings. The Morgan fingerprint density at radius 3 is 2.52 bits per heavy atom. The van der Waals surface area contributed by atoms with Gasteiger partial charge in [-0.05, 0) is 18.4 Å². The van der Waals surface area contributed by atoms with Crippen LogP contribution in [0.15, 0.2) is 53.4 Å². The van der Waals surface area contributed by atoms with Crippen LogP contribution in [0.25, 0.3) is 10.8 Å². The Balaban J connectivity index is 2.24. The van der Waals surface area contributed by atoms with Crippen molar-refractivity contribution >= 4 is 26.9 Å². The van der Waals surface area contributed by atoms with E-state index in [1.807, 2.05) is 0 Å². The van der Waals surface area contributed by atoms with Gasteiger partial charge < -0.3 is 9.47 Å². The number of esters is 1. The van der Waals surface area contributed by atoms with Crippen LogP contribution in [-0.4, -0.2) is 32.2 Å². The van der Waals surface area contributed by atoms with Gasteiger partial charge >= 0.3 is 5.97 Å². The predicted molar refractivity (Wildman–Crippen MR) is 85.0 cm³/mol. The Hall–Kier alpha value is -2.38. The van der Waals surface area contributed by atoms with E-state index in [-0.39, 0.29) is 29.4 Å². The first-order valence-corrected chi connectivity index (χ1v) is 8.19. The van der Waals surface area contributed by atoms with Crippen molar-refractivity contribution in [2.75, 3.05) is 13.2 Å². The third-order valence-corrected chi connectivity index (χ3v) is 3.96. The van der Waals surface area contributed by atoms with E-state index < -0.39 is 16.1 Å². The molecular formula is C16H16O6S. The zero-order valence-electron chi connectivity index (χ0n) is 12.5. The number of carbonyl (C=O) groups is 1. The molecule has 0 radical (unpaired) electrons. The minimum atomic E-state index is -4.47. The van der Waals surface area contributed by atoms with Crippen molar-refractivity contribution in [3.8, 4) is 5.75 Å². The molecule has 0 aliphatic carbocycles. The number of rotatable bonds is 6. The van der Waals surface area contributed by atoms with Crippen molar-refractivity contribution in [3.05, 3.63) is 48.6 Å². The molecule has 0 unspecified atom stereocenters. The lowest BCUT2D eigenvalue weighted by Crippen LogP contribution is -2.13. The smallest absolute Gasteiger partial charge is 0.333 e. The van der Waals surface area contributed by atoms with E-state index in [1.54, 1.807) is 30.3 Å². The topological polar surface area (TPSA) is 89.9 Å². The van der Waals surface area contributed by atoms with E-state index in [0.717, 1.165) is 0 Å². The summed E-state index contributed by atoms with van der Waals surface area (Å²) in [5.41, 5.74) is 0.259. The third kappa shape index (κ3) is 4.08. The fourth-order valence-electron chi connectivity index (χ4n) is 2.01. The molecule has 0 aliphatic rings. The van der Waals surface area contributed by atoms with Crippen LogP contribution in [-0.2, 0) is 19.6 Å². The Morgan fingerprint density at radius 2 is 1.87 bits per heavy atom. The van der Waals surface area contributed by atoms with Gasteiger partial charge in [0.2, 0.25) is 0 Å². The van der Waals surface area contributed by atoms with E-state index in [2.05, 4.69) is 6.58 Å². The molecule has 122 valence electrons. The van der Waals surface area contributed by atoms with Gasteiger partial charge in [-0.1, -0.05) is 36.9 Å². The molecule has 0 saturated carbocycles. The van der Waals surface area contributed by atoms with Crippen molar-refractivity contribution in [3.63, 3.8) is 0 Å². The first-order valence-electron chi connectivity index (χ1n) is 6.75. The highest BCUT2D eigenvalue weighted by Crippen LogP contribution is 2.32. The van der Waals surface area contributed by atoms with Gasteiger partial charge in [0.05, 0.1) is 0 Å². The third-order valence-electron chi connectivity index (χ3n) is 3.02. The molecule has 2 aromatic rings. The van der Waals surface area contributed by atoms with Crippen LogP contribution in [0.5, 0.6) is 5.75 Å². The van der Waals surface area contributed by atoms with Crippen LogP contribution in [0.2, 0.25) is 0 Å². The molecule has 23 heavy (non-hydrogen) atoms. The average molecular weight is 336 g/mol. The fourth-order valence-corrected chi connectivity index (χ4v) is 2.86. The van der Waals surface area contributed by atoms with Gasteiger partial charge in [-0.3, -0.25) is 4.55 Å². The fraction of sp³-hybridized carbons (Fsp3) is 0.188. The maximum atomic E-state index is 11.7. The lowest BCUT2D eigenvalue weighted by molar-refractivity contribution is -0.139. The Bertz CT molecular complexity index is 854. The van der Waals surface area contributed by atoms with E-state index in [1.165, 1.54) is 13.0 Å². The molecule has 1 N–H and O–H groups in total. The molecule has 0 amide bonds. The molecule has 0 heterocycles. The van der Waals surface area contributed by atoms with Gasteiger partial charge in [0, 0.05) is 11.0 Å². The summed E-state index contributed by atoms with van der Waals surface area (Å²) in [7, 11) is -4.47. The van der Waals surface area contributed by atoms with E-state index in [9.17, 15) is 17.8 Å². The first kappa shape index (κ1) is 17.0. The monoisotopic (exact) mass is 336 g/mol. The van der Waals surface area contributed by atoms with Crippen molar-refractivity contribution in [1.82, 2.24) is 0 Å². The minimum Gasteiger partial charge on any atom is -0.489 e. The van der Waals surface area contributed by atoms with Crippen molar-refractivity contribution in [1.29, 1.82) is 0 Å². The summed E-state index contributed by atoms with van der Waals surface area (Å²) >= 11 is 0. The minimum absolute atomic E-state index is 0.00225. The SMILES string of the molecule is C=C(C)C(=O)OCCOc1ccc2ccccc2c1S(=O)(=O)O. The largest absolute Gasteiger partial charge is 0.489 e. The molecule has 0 bridgehead atoms. The lowest BCUT2D eigenvalue weighted by atomic mass is 10.1. The van der Waals surface area contributed by atoms with Gasteiger partial charge in [0.1, 0.15) is 23.9 Å². The molecule has 0 aliphatic heterocycles. The van der Waals surface area contributed by atoms with Gasteiger partial charge in [-0.15, -0.1) is 0 Å². The number of carbonyl (C=O) groups excluding carboxylic acids is 1. The van der Waals surface area contributed by atoms with Crippen LogP contribution in [0.1, 0.15) is 6.92 Å². The van der Waals surface area contributed by atoms with Crippen LogP contribution in [0, 0.1) is 0 Å². The van der Waals surface area contributed by atoms with E-state index >= 15 is 0 Å². The molecular weight excluding hydrogens is 320 g/mol. The summed E-state index contributed by atoms with van der Waals surface area (Å²) in [4.78, 5) is 10.9. The zero-order chi connectivity index (χ0) is 17.0. The molecule has 0 saturated heterocycles. The second kappa shape index (κ2) is 6.80. The molecule has 6 nitrogen and oxygen atoms in total. The van der Waals surface area contributed by atoms with Crippen LogP contribution in [0.3, 0.4) is 0 Å². The lowest BCUT2D eigenvalue weighted by Gasteiger charge is -2.12. The van der Waals surface area contributed by atoms with Gasteiger partial charge in [-0.2, -0.15) is 8.42 Å². The average Bonchev–Trinajstić information content (AvgIpc) is 2.49. The summed E-state index contributed by atoms with van der Waals surface area (Å²) < 4.78 is 43.1. The van der Waals surface area contributed by atoms with Gasteiger partial charge in [0.15, 0.2) is 0 Å². The number of hydrogen-bond donors (Lipinski definition) is 1. The van der Waals surface area contributed by atoms with Crippen molar-refractivity contribution < 1.29 is 27.2 Å². The molecule has 0 atom stereocenters. The summed E-state index contributed by atoms with van der Waals surface area (Å²) in [5.74, 6) is -0.556. The molecule has 7 heteroatoms. The quantitative estimate of drug-likeness (QED) is 0.377. The number of benzene rings is 2. The maximum absolute atomic E-state index is 11.7. The number of fused-ring (bicyclic) bond motifs is 1. The molecule has 0 aromatic heterocycles. The van der Waals surface area contributed by atoms with Crippen LogP contribution < -0.4 is 4.74 Å². The summed E-state index contributed by atoms with van der Waals surface area (Å²) in [5, 5.41) is 1.01. The number of hydrogen-bond acceptors (Lipinski definition) is 5. The van der Waals surface area contributed by atoms with Gasteiger partial charge in [0.25, 0.3) is 10.1 Å². The number of ether oxygens (including phenoxy) is 2. The highest BCUT2D eigenvalue weighted by molar-refractivity contribution is 7.86. The Kier molecular flexibility index (Phi) is 5.02. The van der Waals surface area contributed by atoms with Crippen LogP contribution in [0.4, 0.5) is 0 Å². The maximum Gasteiger partial charge on any atom is 0.333 e.